The van der Waals surface area contributed by atoms with Gasteiger partial charge in [-0.2, -0.15) is 5.26 Å². The molecule has 0 radical (unpaired) electrons. The second-order valence-electron chi connectivity index (χ2n) is 5.32. The van der Waals surface area contributed by atoms with Crippen molar-refractivity contribution in [1.82, 2.24) is 4.90 Å². The monoisotopic (exact) mass is 208 g/mol. The first-order chi connectivity index (χ1) is 6.88. The maximum Gasteiger partial charge on any atom is 0.242 e. The average Bonchev–Trinajstić information content (AvgIpc) is 2.96. The summed E-state index contributed by atoms with van der Waals surface area (Å²) in [6.07, 6.45) is 2.19. The highest BCUT2D eigenvalue weighted by Gasteiger charge is 2.39. The Morgan fingerprint density at radius 1 is 1.53 bits per heavy atom. The minimum Gasteiger partial charge on any atom is -0.338 e. The van der Waals surface area contributed by atoms with Crippen molar-refractivity contribution < 1.29 is 4.79 Å². The molecule has 1 rings (SSSR count). The topological polar surface area (TPSA) is 44.1 Å². The quantitative estimate of drug-likeness (QED) is 0.710. The molecule has 0 bridgehead atoms. The summed E-state index contributed by atoms with van der Waals surface area (Å²) < 4.78 is 0. The second kappa shape index (κ2) is 4.22. The van der Waals surface area contributed by atoms with Crippen molar-refractivity contribution in [2.24, 2.45) is 11.3 Å². The van der Waals surface area contributed by atoms with Crippen molar-refractivity contribution >= 4 is 5.91 Å². The molecule has 0 unspecified atom stereocenters. The fourth-order valence-corrected chi connectivity index (χ4v) is 1.58. The van der Waals surface area contributed by atoms with E-state index in [4.69, 9.17) is 5.26 Å². The van der Waals surface area contributed by atoms with Crippen molar-refractivity contribution in [1.29, 1.82) is 5.26 Å². The van der Waals surface area contributed by atoms with E-state index in [2.05, 4.69) is 19.9 Å². The zero-order valence-corrected chi connectivity index (χ0v) is 10.1. The Morgan fingerprint density at radius 2 is 2.07 bits per heavy atom. The van der Waals surface area contributed by atoms with Crippen LogP contribution in [-0.2, 0) is 4.79 Å². The third kappa shape index (κ3) is 2.95. The SMILES string of the molecule is CC(C)CN(C(=O)C(C)(C)C#N)C1CC1. The van der Waals surface area contributed by atoms with E-state index in [1.165, 1.54) is 0 Å². The van der Waals surface area contributed by atoms with Crippen LogP contribution in [0.4, 0.5) is 0 Å². The maximum atomic E-state index is 12.1. The number of nitriles is 1. The van der Waals surface area contributed by atoms with E-state index >= 15 is 0 Å². The molecule has 0 aromatic heterocycles. The van der Waals surface area contributed by atoms with Crippen LogP contribution < -0.4 is 0 Å². The molecule has 0 spiro atoms. The third-order valence-corrected chi connectivity index (χ3v) is 2.62. The number of nitrogens with zero attached hydrogens (tertiary/aromatic N) is 2. The van der Waals surface area contributed by atoms with Gasteiger partial charge in [-0.15, -0.1) is 0 Å². The molecule has 3 nitrogen and oxygen atoms in total. The standard InChI is InChI=1S/C12H20N2O/c1-9(2)7-14(10-5-6-10)11(15)12(3,4)8-13/h9-10H,5-7H2,1-4H3. The maximum absolute atomic E-state index is 12.1. The van der Waals surface area contributed by atoms with Gasteiger partial charge in [0, 0.05) is 12.6 Å². The predicted octanol–water partition coefficient (Wildman–Crippen LogP) is 2.18. The van der Waals surface area contributed by atoms with E-state index < -0.39 is 5.41 Å². The highest BCUT2D eigenvalue weighted by Crippen LogP contribution is 2.31. The Labute approximate surface area is 92.1 Å². The summed E-state index contributed by atoms with van der Waals surface area (Å²) >= 11 is 0. The van der Waals surface area contributed by atoms with Crippen molar-refractivity contribution in [2.45, 2.75) is 46.6 Å². The number of carbonyl (C=O) groups excluding carboxylic acids is 1. The molecule has 84 valence electrons. The first kappa shape index (κ1) is 12.0. The molecule has 0 aromatic carbocycles. The zero-order chi connectivity index (χ0) is 11.6. The molecule has 0 saturated heterocycles. The Bertz CT molecular complexity index is 284. The normalized spacial score (nSPS) is 16.3. The van der Waals surface area contributed by atoms with Crippen LogP contribution >= 0.6 is 0 Å². The average molecular weight is 208 g/mol. The van der Waals surface area contributed by atoms with Crippen molar-refractivity contribution in [2.75, 3.05) is 6.54 Å². The number of rotatable bonds is 4. The molecule has 0 N–H and O–H groups in total. The molecule has 3 heteroatoms. The summed E-state index contributed by atoms with van der Waals surface area (Å²) in [5, 5.41) is 8.95. The second-order valence-corrected chi connectivity index (χ2v) is 5.32. The van der Waals surface area contributed by atoms with Crippen LogP contribution in [-0.4, -0.2) is 23.4 Å². The molecular formula is C12H20N2O. The van der Waals surface area contributed by atoms with Crippen LogP contribution in [0.5, 0.6) is 0 Å². The van der Waals surface area contributed by atoms with E-state index in [-0.39, 0.29) is 5.91 Å². The van der Waals surface area contributed by atoms with Gasteiger partial charge in [0.05, 0.1) is 6.07 Å². The predicted molar refractivity (Wildman–Crippen MR) is 59.0 cm³/mol. The Balaban J connectivity index is 2.72. The van der Waals surface area contributed by atoms with E-state index in [1.807, 2.05) is 4.90 Å². The number of amides is 1. The number of hydrogen-bond acceptors (Lipinski definition) is 2. The zero-order valence-electron chi connectivity index (χ0n) is 10.1. The lowest BCUT2D eigenvalue weighted by Crippen LogP contribution is -2.43. The highest BCUT2D eigenvalue weighted by atomic mass is 16.2. The molecule has 1 amide bonds. The largest absolute Gasteiger partial charge is 0.338 e. The highest BCUT2D eigenvalue weighted by molar-refractivity contribution is 5.85. The molecule has 0 aromatic rings. The van der Waals surface area contributed by atoms with E-state index in [0.717, 1.165) is 19.4 Å². The fraction of sp³-hybridized carbons (Fsp3) is 0.833. The summed E-state index contributed by atoms with van der Waals surface area (Å²) in [5.74, 6) is 0.449. The fourth-order valence-electron chi connectivity index (χ4n) is 1.58. The molecule has 1 aliphatic rings. The van der Waals surface area contributed by atoms with Crippen LogP contribution in [0, 0.1) is 22.7 Å². The van der Waals surface area contributed by atoms with Crippen molar-refractivity contribution in [3.8, 4) is 6.07 Å². The molecule has 0 aliphatic heterocycles. The van der Waals surface area contributed by atoms with Gasteiger partial charge in [-0.25, -0.2) is 0 Å². The van der Waals surface area contributed by atoms with Gasteiger partial charge in [-0.1, -0.05) is 13.8 Å². The van der Waals surface area contributed by atoms with Gasteiger partial charge in [-0.3, -0.25) is 4.79 Å². The minimum absolute atomic E-state index is 0.0128. The molecule has 0 atom stereocenters. The van der Waals surface area contributed by atoms with Crippen LogP contribution in [0.15, 0.2) is 0 Å². The van der Waals surface area contributed by atoms with Gasteiger partial charge in [0.2, 0.25) is 5.91 Å². The lowest BCUT2D eigenvalue weighted by molar-refractivity contribution is -0.138. The van der Waals surface area contributed by atoms with Gasteiger partial charge in [0.15, 0.2) is 0 Å². The van der Waals surface area contributed by atoms with Crippen LogP contribution in [0.25, 0.3) is 0 Å². The number of hydrogen-bond donors (Lipinski definition) is 0. The first-order valence-electron chi connectivity index (χ1n) is 5.61. The van der Waals surface area contributed by atoms with Crippen molar-refractivity contribution in [3.05, 3.63) is 0 Å². The molecular weight excluding hydrogens is 188 g/mol. The Hall–Kier alpha value is -1.04. The van der Waals surface area contributed by atoms with Gasteiger partial charge < -0.3 is 4.90 Å². The molecule has 15 heavy (non-hydrogen) atoms. The van der Waals surface area contributed by atoms with Gasteiger partial charge >= 0.3 is 0 Å². The molecule has 0 heterocycles. The van der Waals surface area contributed by atoms with Crippen molar-refractivity contribution in [3.63, 3.8) is 0 Å². The van der Waals surface area contributed by atoms with E-state index in [0.29, 0.717) is 12.0 Å². The van der Waals surface area contributed by atoms with Gasteiger partial charge in [-0.05, 0) is 32.6 Å². The van der Waals surface area contributed by atoms with E-state index in [9.17, 15) is 4.79 Å². The summed E-state index contributed by atoms with van der Waals surface area (Å²) in [4.78, 5) is 14.0. The number of carbonyl (C=O) groups is 1. The summed E-state index contributed by atoms with van der Waals surface area (Å²) in [7, 11) is 0. The summed E-state index contributed by atoms with van der Waals surface area (Å²) in [5.41, 5.74) is -0.877. The van der Waals surface area contributed by atoms with Gasteiger partial charge in [0.25, 0.3) is 0 Å². The van der Waals surface area contributed by atoms with Crippen LogP contribution in [0.2, 0.25) is 0 Å². The molecule has 1 saturated carbocycles. The first-order valence-corrected chi connectivity index (χ1v) is 5.61. The molecule has 1 fully saturated rings. The molecule has 1 aliphatic carbocycles. The van der Waals surface area contributed by atoms with E-state index in [1.54, 1.807) is 13.8 Å². The van der Waals surface area contributed by atoms with Gasteiger partial charge in [0.1, 0.15) is 5.41 Å². The summed E-state index contributed by atoms with van der Waals surface area (Å²) in [6.45, 7) is 8.37. The Kier molecular flexibility index (Phi) is 3.38. The summed E-state index contributed by atoms with van der Waals surface area (Å²) in [6, 6.07) is 2.48. The van der Waals surface area contributed by atoms with Crippen LogP contribution in [0.3, 0.4) is 0 Å². The smallest absolute Gasteiger partial charge is 0.242 e. The lowest BCUT2D eigenvalue weighted by atomic mass is 9.93. The Morgan fingerprint density at radius 3 is 2.40 bits per heavy atom. The van der Waals surface area contributed by atoms with Crippen LogP contribution in [0.1, 0.15) is 40.5 Å². The third-order valence-electron chi connectivity index (χ3n) is 2.62. The minimum atomic E-state index is -0.877. The lowest BCUT2D eigenvalue weighted by Gasteiger charge is -2.29.